The van der Waals surface area contributed by atoms with E-state index in [4.69, 9.17) is 0 Å². The molecule has 2 unspecified atom stereocenters. The van der Waals surface area contributed by atoms with Crippen LogP contribution in [0.1, 0.15) is 91.4 Å². The number of fused-ring (bicyclic) bond motifs is 5. The van der Waals surface area contributed by atoms with Gasteiger partial charge in [-0.3, -0.25) is 33.8 Å². The molecule has 62 heavy (non-hydrogen) atoms. The van der Waals surface area contributed by atoms with Crippen LogP contribution in [0.2, 0.25) is 0 Å². The van der Waals surface area contributed by atoms with E-state index in [9.17, 15) is 59.4 Å². The molecule has 9 N–H and O–H groups in total. The van der Waals surface area contributed by atoms with Gasteiger partial charge in [0.05, 0.1) is 26.2 Å². The van der Waals surface area contributed by atoms with Crippen molar-refractivity contribution in [2.75, 3.05) is 85.1 Å². The van der Waals surface area contributed by atoms with Crippen LogP contribution in [0.4, 0.5) is 0 Å². The summed E-state index contributed by atoms with van der Waals surface area (Å²) >= 11 is 0. The molecule has 9 atom stereocenters. The molecule has 1 saturated heterocycles. The molecule has 352 valence electrons. The van der Waals surface area contributed by atoms with Crippen molar-refractivity contribution in [2.45, 2.75) is 103 Å². The highest BCUT2D eigenvalue weighted by atomic mass is 16.5. The van der Waals surface area contributed by atoms with Gasteiger partial charge < -0.3 is 46.6 Å². The summed E-state index contributed by atoms with van der Waals surface area (Å²) in [7, 11) is 0. The van der Waals surface area contributed by atoms with Crippen molar-refractivity contribution in [2.24, 2.45) is 46.3 Å². The van der Waals surface area contributed by atoms with Gasteiger partial charge in [-0.05, 0) is 117 Å². The number of nitrogens with one attached hydrogen (secondary N) is 3. The molecule has 1 heterocycles. The lowest BCUT2D eigenvalue weighted by molar-refractivity contribution is -0.211. The Morgan fingerprint density at radius 2 is 1.26 bits per heavy atom. The Morgan fingerprint density at radius 1 is 0.677 bits per heavy atom. The topological polar surface area (TPSA) is 273 Å². The van der Waals surface area contributed by atoms with E-state index in [1.807, 2.05) is 6.92 Å². The molecule has 1 aliphatic heterocycles. The fourth-order valence-corrected chi connectivity index (χ4v) is 12.7. The number of aliphatic hydroxyl groups is 2. The number of hydrogen-bond donors (Lipinski definition) is 9. The van der Waals surface area contributed by atoms with Gasteiger partial charge in [-0.2, -0.15) is 0 Å². The number of carbonyl (C=O) groups is 6. The SMILES string of the molecule is C[C@H](CC(O)(O)C(=O)O)[C@H]1CC[C@H]2[C@@H]3CCC4CC(NC(=O)CNCCCNC(=O)CN5CCN(CC(=O)O)CCN(CC(=O)O)CCN5CC(=O)O)CC[C@]4(C)[C@H]3CC[C@]12C. The van der Waals surface area contributed by atoms with E-state index >= 15 is 0 Å². The molecule has 5 rings (SSSR count). The Labute approximate surface area is 364 Å². The van der Waals surface area contributed by atoms with Gasteiger partial charge in [0.2, 0.25) is 11.8 Å². The Balaban J connectivity index is 1.03. The zero-order valence-corrected chi connectivity index (χ0v) is 36.9. The highest BCUT2D eigenvalue weighted by Gasteiger charge is 2.61. The number of carbonyl (C=O) groups excluding carboxylic acids is 2. The Bertz CT molecular complexity index is 1600. The second-order valence-corrected chi connectivity index (χ2v) is 19.6. The Hall–Kier alpha value is -3.46. The smallest absolute Gasteiger partial charge is 0.364 e. The summed E-state index contributed by atoms with van der Waals surface area (Å²) in [5, 5.41) is 70.3. The standard InChI is InChI=1S/C43H73N7O12/c1-28(22-43(61,62)40(59)60)32-7-8-33-31-6-5-29-21-30(9-11-41(29,2)34(31)10-12-42(32,33)3)46-35(51)23-44-13-4-14-45-36(52)24-49-19-17-47(25-37(53)54)15-16-48(26-38(55)56)18-20-50(49)27-39(57)58/h28-34,44,61-62H,4-27H2,1-3H3,(H,45,52)(H,46,51)(H,53,54)(H,55,56)(H,57,58)(H,59,60)/t28-,29?,30?,31+,32-,33+,34+,41+,42-/m1/s1. The first-order valence-corrected chi connectivity index (χ1v) is 22.8. The quantitative estimate of drug-likeness (QED) is 0.0628. The van der Waals surface area contributed by atoms with Crippen LogP contribution in [-0.4, -0.2) is 183 Å². The highest BCUT2D eigenvalue weighted by Crippen LogP contribution is 2.68. The number of rotatable bonds is 19. The first-order chi connectivity index (χ1) is 29.2. The number of hydrogen-bond acceptors (Lipinski definition) is 13. The number of amides is 2. The molecule has 0 aromatic heterocycles. The van der Waals surface area contributed by atoms with Crippen LogP contribution in [0.5, 0.6) is 0 Å². The minimum atomic E-state index is -2.71. The fourth-order valence-electron chi connectivity index (χ4n) is 12.7. The molecule has 0 radical (unpaired) electrons. The highest BCUT2D eigenvalue weighted by molar-refractivity contribution is 5.79. The van der Waals surface area contributed by atoms with Gasteiger partial charge in [-0.25, -0.2) is 14.8 Å². The number of carboxylic acids is 4. The molecule has 0 aromatic carbocycles. The zero-order chi connectivity index (χ0) is 45.4. The summed E-state index contributed by atoms with van der Waals surface area (Å²) in [4.78, 5) is 75.5. The molecular formula is C43H73N7O12. The maximum absolute atomic E-state index is 13.0. The average molecular weight is 880 g/mol. The van der Waals surface area contributed by atoms with Gasteiger partial charge in [-0.1, -0.05) is 20.8 Å². The number of aliphatic carboxylic acids is 4. The van der Waals surface area contributed by atoms with Crippen LogP contribution < -0.4 is 16.0 Å². The van der Waals surface area contributed by atoms with Crippen molar-refractivity contribution in [1.82, 2.24) is 35.8 Å². The predicted octanol–water partition coefficient (Wildman–Crippen LogP) is 0.408. The predicted molar refractivity (Wildman–Crippen MR) is 225 cm³/mol. The first-order valence-electron chi connectivity index (χ1n) is 22.8. The summed E-state index contributed by atoms with van der Waals surface area (Å²) in [5.74, 6) is -5.50. The summed E-state index contributed by atoms with van der Waals surface area (Å²) in [6.07, 6.45) is 9.90. The zero-order valence-electron chi connectivity index (χ0n) is 36.9. The van der Waals surface area contributed by atoms with Gasteiger partial charge in [-0.15, -0.1) is 0 Å². The minimum Gasteiger partial charge on any atom is -0.480 e. The average Bonchev–Trinajstić information content (AvgIpc) is 3.54. The van der Waals surface area contributed by atoms with Crippen molar-refractivity contribution in [3.63, 3.8) is 0 Å². The number of carboxylic acid groups (broad SMARTS) is 4. The van der Waals surface area contributed by atoms with Crippen LogP contribution >= 0.6 is 0 Å². The second kappa shape index (κ2) is 21.5. The van der Waals surface area contributed by atoms with Crippen LogP contribution in [0, 0.1) is 46.3 Å². The Morgan fingerprint density at radius 3 is 1.87 bits per heavy atom. The summed E-state index contributed by atoms with van der Waals surface area (Å²) in [5.41, 5.74) is 0.264. The van der Waals surface area contributed by atoms with E-state index in [1.165, 1.54) is 5.01 Å². The van der Waals surface area contributed by atoms with E-state index in [1.54, 1.807) is 14.8 Å². The second-order valence-electron chi connectivity index (χ2n) is 19.6. The molecule has 5 aliphatic rings. The van der Waals surface area contributed by atoms with E-state index < -0.39 is 36.2 Å². The lowest BCUT2D eigenvalue weighted by Gasteiger charge is -2.61. The molecule has 0 bridgehead atoms. The maximum atomic E-state index is 13.0. The third-order valence-corrected chi connectivity index (χ3v) is 15.7. The lowest BCUT2D eigenvalue weighted by atomic mass is 9.44. The molecular weight excluding hydrogens is 807 g/mol. The molecule has 0 aromatic rings. The molecule has 19 heteroatoms. The van der Waals surface area contributed by atoms with Crippen molar-refractivity contribution in [1.29, 1.82) is 0 Å². The van der Waals surface area contributed by atoms with E-state index in [0.29, 0.717) is 56.3 Å². The summed E-state index contributed by atoms with van der Waals surface area (Å²) in [6.45, 7) is 8.03. The van der Waals surface area contributed by atoms with Crippen molar-refractivity contribution in [3.05, 3.63) is 0 Å². The van der Waals surface area contributed by atoms with Crippen LogP contribution in [0.15, 0.2) is 0 Å². The van der Waals surface area contributed by atoms with E-state index in [-0.39, 0.29) is 99.3 Å². The largest absolute Gasteiger partial charge is 0.480 e. The van der Waals surface area contributed by atoms with Gasteiger partial charge >= 0.3 is 23.9 Å². The van der Waals surface area contributed by atoms with Gasteiger partial charge in [0.15, 0.2) is 0 Å². The van der Waals surface area contributed by atoms with Gasteiger partial charge in [0.1, 0.15) is 6.54 Å². The molecule has 0 spiro atoms. The molecule has 2 amide bonds. The van der Waals surface area contributed by atoms with Crippen LogP contribution in [0.25, 0.3) is 0 Å². The number of nitrogens with zero attached hydrogens (tertiary/aromatic N) is 4. The fraction of sp³-hybridized carbons (Fsp3) is 0.860. The molecule has 19 nitrogen and oxygen atoms in total. The lowest BCUT2D eigenvalue weighted by Crippen LogP contribution is -2.56. The first kappa shape index (κ1) is 49.6. The summed E-state index contributed by atoms with van der Waals surface area (Å²) < 4.78 is 0. The third-order valence-electron chi connectivity index (χ3n) is 15.7. The Kier molecular flexibility index (Phi) is 17.2. The molecule has 5 fully saturated rings. The number of hydrazine groups is 1. The van der Waals surface area contributed by atoms with Crippen molar-refractivity contribution in [3.8, 4) is 0 Å². The minimum absolute atomic E-state index is 0.0592. The van der Waals surface area contributed by atoms with Gasteiger partial charge in [0, 0.05) is 58.3 Å². The molecule has 4 aliphatic carbocycles. The van der Waals surface area contributed by atoms with Crippen LogP contribution in [0.3, 0.4) is 0 Å². The monoisotopic (exact) mass is 880 g/mol. The third kappa shape index (κ3) is 12.6. The van der Waals surface area contributed by atoms with Gasteiger partial charge in [0.25, 0.3) is 5.79 Å². The summed E-state index contributed by atoms with van der Waals surface area (Å²) in [6, 6.07) is 0.115. The maximum Gasteiger partial charge on any atom is 0.364 e. The van der Waals surface area contributed by atoms with Crippen molar-refractivity contribution < 1.29 is 59.4 Å². The van der Waals surface area contributed by atoms with E-state index in [0.717, 1.165) is 57.8 Å². The van der Waals surface area contributed by atoms with Crippen LogP contribution in [-0.2, 0) is 28.8 Å². The van der Waals surface area contributed by atoms with Crippen molar-refractivity contribution >= 4 is 35.7 Å². The normalized spacial score (nSPS) is 32.1. The van der Waals surface area contributed by atoms with E-state index in [2.05, 4.69) is 29.8 Å². The molecule has 4 saturated carbocycles.